The van der Waals surface area contributed by atoms with Gasteiger partial charge in [0.1, 0.15) is 24.0 Å². The SMILES string of the molecule is CCOCCO[C@@H]1CC[C@@H](C[C@@H](C)[C@H](CC(=O)[C@H](C)CC(C)[C@@H](O)[C@@H](OC)C(=O)[C@H](C)C[C@H](C)/C=C/C=C/C=C(\C)[C@H](CC2CC[C@@H](C)[C@](O)(C=O)O2)OC)OC(=O)C2CCCCN2C(C)=O)C[C@H]1OC. The number of allylic oxidation sites excluding steroid dienone is 5. The van der Waals surface area contributed by atoms with Crippen LogP contribution in [0.3, 0.4) is 0 Å². The van der Waals surface area contributed by atoms with Gasteiger partial charge in [0, 0.05) is 72.0 Å². The highest BCUT2D eigenvalue weighted by atomic mass is 16.6. The van der Waals surface area contributed by atoms with Gasteiger partial charge in [0.2, 0.25) is 11.7 Å². The van der Waals surface area contributed by atoms with E-state index in [1.807, 2.05) is 78.8 Å². The van der Waals surface area contributed by atoms with Crippen molar-refractivity contribution in [2.75, 3.05) is 47.7 Å². The number of hydrogen-bond donors (Lipinski definition) is 2. The van der Waals surface area contributed by atoms with E-state index in [0.29, 0.717) is 71.2 Å². The third-order valence-electron chi connectivity index (χ3n) is 15.5. The Morgan fingerprint density at radius 3 is 2.23 bits per heavy atom. The van der Waals surface area contributed by atoms with Crippen LogP contribution in [-0.4, -0.2) is 147 Å². The first-order valence-corrected chi connectivity index (χ1v) is 26.6. The number of hydrogen-bond acceptors (Lipinski definition) is 14. The number of likely N-dealkylation sites (tertiary alicyclic amines) is 1. The Bertz CT molecular complexity index is 1730. The summed E-state index contributed by atoms with van der Waals surface area (Å²) in [6.07, 6.45) is 14.7. The van der Waals surface area contributed by atoms with Gasteiger partial charge in [0.15, 0.2) is 12.1 Å². The third kappa shape index (κ3) is 19.6. The highest BCUT2D eigenvalue weighted by Gasteiger charge is 2.43. The van der Waals surface area contributed by atoms with E-state index in [0.717, 1.165) is 44.1 Å². The second kappa shape index (κ2) is 31.6. The number of piperidine rings is 1. The minimum absolute atomic E-state index is 0.00817. The molecule has 0 aromatic rings. The van der Waals surface area contributed by atoms with Crippen LogP contribution in [0.5, 0.6) is 0 Å². The molecule has 3 rings (SSSR count). The quantitative estimate of drug-likeness (QED) is 0.0294. The number of methoxy groups -OCH3 is 3. The zero-order valence-corrected chi connectivity index (χ0v) is 45.4. The monoisotopic (exact) mass is 1000 g/mol. The summed E-state index contributed by atoms with van der Waals surface area (Å²) in [4.78, 5) is 67.4. The van der Waals surface area contributed by atoms with Crippen molar-refractivity contribution in [1.82, 2.24) is 4.90 Å². The van der Waals surface area contributed by atoms with Crippen molar-refractivity contribution >= 4 is 29.7 Å². The molecule has 0 aromatic heterocycles. The molecule has 15 heteroatoms. The van der Waals surface area contributed by atoms with Crippen LogP contribution in [0.25, 0.3) is 0 Å². The molecule has 3 aliphatic rings. The van der Waals surface area contributed by atoms with Crippen molar-refractivity contribution in [2.45, 2.75) is 200 Å². The number of Topliss-reactive ketones (excluding diaryl/α,β-unsaturated/α-hetero) is 2. The van der Waals surface area contributed by atoms with Gasteiger partial charge in [0.05, 0.1) is 43.7 Å². The van der Waals surface area contributed by atoms with Gasteiger partial charge >= 0.3 is 5.97 Å². The number of aldehydes is 1. The normalized spacial score (nSPS) is 28.4. The molecule has 15 nitrogen and oxygen atoms in total. The molecule has 71 heavy (non-hydrogen) atoms. The van der Waals surface area contributed by atoms with E-state index in [1.54, 1.807) is 26.0 Å². The van der Waals surface area contributed by atoms with Crippen LogP contribution >= 0.6 is 0 Å². The topological polar surface area (TPSA) is 194 Å². The molecule has 1 aliphatic carbocycles. The van der Waals surface area contributed by atoms with E-state index < -0.39 is 53.9 Å². The van der Waals surface area contributed by atoms with Crippen molar-refractivity contribution in [1.29, 1.82) is 0 Å². The van der Waals surface area contributed by atoms with Gasteiger partial charge in [-0.15, -0.1) is 0 Å². The first kappa shape index (κ1) is 62.1. The highest BCUT2D eigenvalue weighted by molar-refractivity contribution is 5.86. The van der Waals surface area contributed by atoms with Gasteiger partial charge in [-0.3, -0.25) is 19.2 Å². The molecule has 16 atom stereocenters. The Hall–Kier alpha value is -3.15. The minimum atomic E-state index is -1.77. The summed E-state index contributed by atoms with van der Waals surface area (Å²) in [5.41, 5.74) is 0.969. The average molecular weight is 1000 g/mol. The lowest BCUT2D eigenvalue weighted by Crippen LogP contribution is -2.49. The van der Waals surface area contributed by atoms with Gasteiger partial charge in [-0.05, 0) is 114 Å². The van der Waals surface area contributed by atoms with E-state index in [2.05, 4.69) is 0 Å². The van der Waals surface area contributed by atoms with Gasteiger partial charge in [0.25, 0.3) is 0 Å². The lowest BCUT2D eigenvalue weighted by molar-refractivity contribution is -0.258. The van der Waals surface area contributed by atoms with Gasteiger partial charge in [-0.25, -0.2) is 4.79 Å². The van der Waals surface area contributed by atoms with Crippen LogP contribution in [0.2, 0.25) is 0 Å². The average Bonchev–Trinajstić information content (AvgIpc) is 3.35. The van der Waals surface area contributed by atoms with E-state index in [4.69, 9.17) is 33.2 Å². The van der Waals surface area contributed by atoms with Crippen molar-refractivity contribution < 1.29 is 67.3 Å². The first-order chi connectivity index (χ1) is 33.7. The van der Waals surface area contributed by atoms with Crippen molar-refractivity contribution in [2.24, 2.45) is 41.4 Å². The molecule has 2 N–H and O–H groups in total. The maximum Gasteiger partial charge on any atom is 0.329 e. The van der Waals surface area contributed by atoms with E-state index in [9.17, 15) is 34.2 Å². The Morgan fingerprint density at radius 1 is 0.845 bits per heavy atom. The number of nitrogens with zero attached hydrogens (tertiary/aromatic N) is 1. The van der Waals surface area contributed by atoms with Crippen LogP contribution in [0.4, 0.5) is 0 Å². The summed E-state index contributed by atoms with van der Waals surface area (Å²) >= 11 is 0. The van der Waals surface area contributed by atoms with Gasteiger partial charge in [-0.1, -0.05) is 71.9 Å². The minimum Gasteiger partial charge on any atom is -0.460 e. The number of ketones is 2. The number of aliphatic hydroxyl groups is 2. The third-order valence-corrected chi connectivity index (χ3v) is 15.5. The highest BCUT2D eigenvalue weighted by Crippen LogP contribution is 2.36. The number of ether oxygens (including phenoxy) is 7. The molecular weight excluding hydrogens is 911 g/mol. The largest absolute Gasteiger partial charge is 0.460 e. The molecular formula is C56H93NO14. The molecule has 2 saturated heterocycles. The van der Waals surface area contributed by atoms with Crippen LogP contribution in [0, 0.1) is 41.4 Å². The number of rotatable bonds is 31. The van der Waals surface area contributed by atoms with Crippen LogP contribution in [0.15, 0.2) is 36.0 Å². The maximum absolute atomic E-state index is 14.1. The first-order valence-electron chi connectivity index (χ1n) is 26.6. The summed E-state index contributed by atoms with van der Waals surface area (Å²) in [6, 6.07) is -0.690. The lowest BCUT2D eigenvalue weighted by Gasteiger charge is -2.39. The van der Waals surface area contributed by atoms with Gasteiger partial charge < -0.3 is 48.3 Å². The van der Waals surface area contributed by atoms with Crippen molar-refractivity contribution in [3.8, 4) is 0 Å². The van der Waals surface area contributed by atoms with E-state index >= 15 is 0 Å². The van der Waals surface area contributed by atoms with E-state index in [1.165, 1.54) is 14.0 Å². The number of carbonyl (C=O) groups excluding carboxylic acids is 5. The predicted molar refractivity (Wildman–Crippen MR) is 272 cm³/mol. The zero-order chi connectivity index (χ0) is 52.8. The maximum atomic E-state index is 14.1. The molecule has 1 saturated carbocycles. The predicted octanol–water partition coefficient (Wildman–Crippen LogP) is 7.96. The fourth-order valence-electron chi connectivity index (χ4n) is 10.8. The Morgan fingerprint density at radius 2 is 1.58 bits per heavy atom. The molecule has 0 aromatic carbocycles. The van der Waals surface area contributed by atoms with Crippen LogP contribution in [-0.2, 0) is 57.1 Å². The molecule has 3 fully saturated rings. The summed E-state index contributed by atoms with van der Waals surface area (Å²) in [7, 11) is 4.75. The molecule has 0 spiro atoms. The molecule has 3 unspecified atom stereocenters. The van der Waals surface area contributed by atoms with Crippen molar-refractivity contribution in [3.05, 3.63) is 36.0 Å². The summed E-state index contributed by atoms with van der Waals surface area (Å²) < 4.78 is 40.8. The second-order valence-corrected chi connectivity index (χ2v) is 21.1. The molecule has 0 bridgehead atoms. The molecule has 1 amide bonds. The number of aliphatic hydroxyl groups excluding tert-OH is 1. The smallest absolute Gasteiger partial charge is 0.329 e. The number of carbonyl (C=O) groups is 5. The number of esters is 1. The fourth-order valence-corrected chi connectivity index (χ4v) is 10.8. The summed E-state index contributed by atoms with van der Waals surface area (Å²) in [5, 5.41) is 22.1. The Kier molecular flexibility index (Phi) is 27.6. The standard InChI is InChI=1S/C56H93NO14/c1-13-68-27-28-69-48-25-23-44(32-51(48)66-11)31-39(5)50(70-55(63)46-21-17-18-26-57(46)43(9)59)34-47(60)38(4)30-41(7)53(62)54(67-12)52(61)40(6)29-36(2)19-15-14-16-20-37(3)49(65-10)33-45-24-22-42(8)56(64,35-58)71-45/h14-16,19-20,35-36,38-42,44-46,48-51,53-54,62,64H,13,17-18,21-34H2,1-12H3/b16-14+,19-15+,37-20+/t36-,38-,39-,40-,41?,42-,44+,45?,46?,48-,49+,50+,51-,53-,54+,56+/m1/s1. The van der Waals surface area contributed by atoms with Crippen LogP contribution < -0.4 is 0 Å². The number of amides is 1. The fraction of sp³-hybridized carbons (Fsp3) is 0.804. The zero-order valence-electron chi connectivity index (χ0n) is 45.4. The van der Waals surface area contributed by atoms with Crippen LogP contribution in [0.1, 0.15) is 146 Å². The Labute approximate surface area is 426 Å². The lowest BCUT2D eigenvalue weighted by atomic mass is 9.78. The van der Waals surface area contributed by atoms with Gasteiger partial charge in [-0.2, -0.15) is 0 Å². The molecule has 0 radical (unpaired) electrons. The molecule has 406 valence electrons. The molecule has 2 heterocycles. The Balaban J connectivity index is 1.60. The summed E-state index contributed by atoms with van der Waals surface area (Å²) in [6.45, 7) is 18.9. The summed E-state index contributed by atoms with van der Waals surface area (Å²) in [5.74, 6) is -4.27. The second-order valence-electron chi connectivity index (χ2n) is 21.1. The van der Waals surface area contributed by atoms with E-state index in [-0.39, 0.29) is 72.0 Å². The van der Waals surface area contributed by atoms with Crippen molar-refractivity contribution in [3.63, 3.8) is 0 Å². The molecule has 2 aliphatic heterocycles.